The molecule has 1 aliphatic rings. The van der Waals surface area contributed by atoms with Crippen LogP contribution in [0.3, 0.4) is 0 Å². The molecule has 0 bridgehead atoms. The van der Waals surface area contributed by atoms with Crippen LogP contribution in [0.1, 0.15) is 15.9 Å². The number of para-hydroxylation sites is 1. The van der Waals surface area contributed by atoms with Gasteiger partial charge >= 0.3 is 5.97 Å². The van der Waals surface area contributed by atoms with Crippen LogP contribution in [-0.2, 0) is 4.79 Å². The summed E-state index contributed by atoms with van der Waals surface area (Å²) in [4.78, 5) is 25.9. The average molecular weight is 420 g/mol. The van der Waals surface area contributed by atoms with Gasteiger partial charge < -0.3 is 5.11 Å². The molecule has 0 atom stereocenters. The van der Waals surface area contributed by atoms with Gasteiger partial charge in [0.1, 0.15) is 0 Å². The summed E-state index contributed by atoms with van der Waals surface area (Å²) < 4.78 is 1.17. The molecule has 1 aliphatic heterocycles. The molecule has 4 nitrogen and oxygen atoms in total. The zero-order chi connectivity index (χ0) is 17.3. The molecule has 120 valence electrons. The third-order valence-corrected chi connectivity index (χ3v) is 5.34. The second kappa shape index (κ2) is 6.88. The quantitative estimate of drug-likeness (QED) is 0.583. The second-order valence-corrected chi connectivity index (χ2v) is 7.39. The maximum Gasteiger partial charge on any atom is 0.336 e. The first-order valence-corrected chi connectivity index (χ1v) is 8.85. The van der Waals surface area contributed by atoms with Gasteiger partial charge in [-0.15, -0.1) is 0 Å². The number of thioether (sulfide) groups is 1. The summed E-state index contributed by atoms with van der Waals surface area (Å²) >= 11 is 9.90. The number of anilines is 1. The topological polar surface area (TPSA) is 57.6 Å². The van der Waals surface area contributed by atoms with Crippen molar-refractivity contribution in [1.82, 2.24) is 0 Å². The fraction of sp³-hybridized carbons (Fsp3) is 0. The van der Waals surface area contributed by atoms with Crippen LogP contribution in [0.2, 0.25) is 0 Å². The molecule has 1 heterocycles. The monoisotopic (exact) mass is 419 g/mol. The van der Waals surface area contributed by atoms with Gasteiger partial charge in [0.25, 0.3) is 5.91 Å². The third-order valence-electron chi connectivity index (χ3n) is 3.36. The SMILES string of the molecule is O=C(O)c1ccccc1/C=C1/SC(=S)N(c2ccccc2Br)C1=O. The van der Waals surface area contributed by atoms with Crippen molar-refractivity contribution >= 4 is 67.9 Å². The number of carbonyl (C=O) groups is 2. The summed E-state index contributed by atoms with van der Waals surface area (Å²) in [5.74, 6) is -1.31. The first kappa shape index (κ1) is 16.9. The number of aromatic carboxylic acids is 1. The van der Waals surface area contributed by atoms with Crippen LogP contribution in [0.25, 0.3) is 6.08 Å². The van der Waals surface area contributed by atoms with Gasteiger partial charge in [-0.05, 0) is 45.8 Å². The molecule has 2 aromatic rings. The summed E-state index contributed by atoms with van der Waals surface area (Å²) in [5.41, 5.74) is 1.27. The van der Waals surface area contributed by atoms with Crippen molar-refractivity contribution in [3.63, 3.8) is 0 Å². The van der Waals surface area contributed by atoms with E-state index in [0.717, 1.165) is 16.2 Å². The summed E-state index contributed by atoms with van der Waals surface area (Å²) in [5, 5.41) is 9.26. The molecule has 2 aromatic carbocycles. The number of carboxylic acids is 1. The highest BCUT2D eigenvalue weighted by atomic mass is 79.9. The van der Waals surface area contributed by atoms with Crippen LogP contribution >= 0.6 is 39.9 Å². The van der Waals surface area contributed by atoms with E-state index in [2.05, 4.69) is 15.9 Å². The van der Waals surface area contributed by atoms with E-state index < -0.39 is 5.97 Å². The molecule has 0 radical (unpaired) electrons. The molecule has 0 saturated carbocycles. The van der Waals surface area contributed by atoms with Gasteiger partial charge in [0.05, 0.1) is 16.2 Å². The molecular weight excluding hydrogens is 410 g/mol. The summed E-state index contributed by atoms with van der Waals surface area (Å²) in [7, 11) is 0. The van der Waals surface area contributed by atoms with Gasteiger partial charge in [0.15, 0.2) is 4.32 Å². The Hall–Kier alpha value is -1.96. The van der Waals surface area contributed by atoms with Gasteiger partial charge in [-0.2, -0.15) is 0 Å². The maximum absolute atomic E-state index is 12.7. The Balaban J connectivity index is 2.01. The van der Waals surface area contributed by atoms with Crippen molar-refractivity contribution in [2.45, 2.75) is 0 Å². The normalized spacial score (nSPS) is 16.0. The van der Waals surface area contributed by atoms with Gasteiger partial charge in [0.2, 0.25) is 0 Å². The van der Waals surface area contributed by atoms with Crippen molar-refractivity contribution in [1.29, 1.82) is 0 Å². The van der Waals surface area contributed by atoms with Gasteiger partial charge in [-0.3, -0.25) is 9.69 Å². The minimum atomic E-state index is -1.04. The van der Waals surface area contributed by atoms with Crippen LogP contribution < -0.4 is 4.90 Å². The molecule has 1 amide bonds. The predicted octanol–water partition coefficient (Wildman–Crippen LogP) is 4.55. The van der Waals surface area contributed by atoms with Gasteiger partial charge in [-0.1, -0.05) is 54.3 Å². The Bertz CT molecular complexity index is 895. The summed E-state index contributed by atoms with van der Waals surface area (Å²) in [6, 6.07) is 13.8. The largest absolute Gasteiger partial charge is 0.478 e. The predicted molar refractivity (Wildman–Crippen MR) is 103 cm³/mol. The molecule has 0 spiro atoms. The van der Waals surface area contributed by atoms with Crippen molar-refractivity contribution in [2.75, 3.05) is 4.90 Å². The minimum absolute atomic E-state index is 0.142. The lowest BCUT2D eigenvalue weighted by atomic mass is 10.1. The molecule has 0 aliphatic carbocycles. The van der Waals surface area contributed by atoms with E-state index in [1.165, 1.54) is 11.0 Å². The van der Waals surface area contributed by atoms with E-state index in [9.17, 15) is 14.7 Å². The molecular formula is C17H10BrNO3S2. The van der Waals surface area contributed by atoms with E-state index in [4.69, 9.17) is 12.2 Å². The Morgan fingerprint density at radius 2 is 1.83 bits per heavy atom. The average Bonchev–Trinajstić information content (AvgIpc) is 2.82. The number of hydrogen-bond acceptors (Lipinski definition) is 4. The Kier molecular flexibility index (Phi) is 4.84. The fourth-order valence-electron chi connectivity index (χ4n) is 2.27. The summed E-state index contributed by atoms with van der Waals surface area (Å²) in [6.07, 6.45) is 1.57. The maximum atomic E-state index is 12.7. The molecule has 1 fully saturated rings. The molecule has 7 heteroatoms. The van der Waals surface area contributed by atoms with Crippen LogP contribution in [0, 0.1) is 0 Å². The van der Waals surface area contributed by atoms with Crippen LogP contribution in [-0.4, -0.2) is 21.3 Å². The lowest BCUT2D eigenvalue weighted by Crippen LogP contribution is -2.27. The number of carbonyl (C=O) groups excluding carboxylic acids is 1. The standard InChI is InChI=1S/C17H10BrNO3S2/c18-12-7-3-4-8-13(12)19-15(20)14(24-17(19)23)9-10-5-1-2-6-11(10)16(21)22/h1-9H,(H,21,22)/b14-9+. The number of carboxylic acid groups (broad SMARTS) is 1. The number of amides is 1. The number of thiocarbonyl (C=S) groups is 1. The minimum Gasteiger partial charge on any atom is -0.478 e. The van der Waals surface area contributed by atoms with E-state index in [1.54, 1.807) is 30.3 Å². The van der Waals surface area contributed by atoms with Crippen molar-refractivity contribution in [2.24, 2.45) is 0 Å². The van der Waals surface area contributed by atoms with E-state index >= 15 is 0 Å². The summed E-state index contributed by atoms with van der Waals surface area (Å²) in [6.45, 7) is 0. The van der Waals surface area contributed by atoms with E-state index in [-0.39, 0.29) is 11.5 Å². The molecule has 1 N–H and O–H groups in total. The Morgan fingerprint density at radius 3 is 2.54 bits per heavy atom. The lowest BCUT2D eigenvalue weighted by molar-refractivity contribution is -0.113. The van der Waals surface area contributed by atoms with Crippen LogP contribution in [0.15, 0.2) is 57.9 Å². The van der Waals surface area contributed by atoms with Crippen molar-refractivity contribution < 1.29 is 14.7 Å². The lowest BCUT2D eigenvalue weighted by Gasteiger charge is -2.15. The van der Waals surface area contributed by atoms with E-state index in [0.29, 0.717) is 20.5 Å². The molecule has 24 heavy (non-hydrogen) atoms. The first-order chi connectivity index (χ1) is 11.5. The fourth-order valence-corrected chi connectivity index (χ4v) is 4.01. The van der Waals surface area contributed by atoms with Crippen molar-refractivity contribution in [3.05, 3.63) is 69.0 Å². The second-order valence-electron chi connectivity index (χ2n) is 4.86. The van der Waals surface area contributed by atoms with Crippen LogP contribution in [0.4, 0.5) is 5.69 Å². The number of nitrogens with zero attached hydrogens (tertiary/aromatic N) is 1. The Labute approximate surface area is 156 Å². The molecule has 0 unspecified atom stereocenters. The number of benzene rings is 2. The Morgan fingerprint density at radius 1 is 1.17 bits per heavy atom. The van der Waals surface area contributed by atoms with E-state index in [1.807, 2.05) is 18.2 Å². The van der Waals surface area contributed by atoms with Gasteiger partial charge in [-0.25, -0.2) is 4.79 Å². The molecule has 0 aromatic heterocycles. The zero-order valence-corrected chi connectivity index (χ0v) is 15.3. The molecule has 1 saturated heterocycles. The third kappa shape index (κ3) is 3.15. The highest BCUT2D eigenvalue weighted by Gasteiger charge is 2.34. The van der Waals surface area contributed by atoms with Crippen molar-refractivity contribution in [3.8, 4) is 0 Å². The van der Waals surface area contributed by atoms with Gasteiger partial charge in [0, 0.05) is 4.47 Å². The highest BCUT2D eigenvalue weighted by molar-refractivity contribution is 9.10. The number of hydrogen-bond donors (Lipinski definition) is 1. The smallest absolute Gasteiger partial charge is 0.336 e. The van der Waals surface area contributed by atoms with Crippen LogP contribution in [0.5, 0.6) is 0 Å². The first-order valence-electron chi connectivity index (χ1n) is 6.84. The molecule has 3 rings (SSSR count). The zero-order valence-electron chi connectivity index (χ0n) is 12.1. The highest BCUT2D eigenvalue weighted by Crippen LogP contribution is 2.39. The number of rotatable bonds is 3. The number of halogens is 1.